The van der Waals surface area contributed by atoms with E-state index in [0.29, 0.717) is 6.61 Å². The van der Waals surface area contributed by atoms with Gasteiger partial charge in [0.05, 0.1) is 0 Å². The maximum absolute atomic E-state index is 9.23. The molecule has 0 amide bonds. The van der Waals surface area contributed by atoms with E-state index in [-0.39, 0.29) is 5.41 Å². The summed E-state index contributed by atoms with van der Waals surface area (Å²) in [7, 11) is 2.15. The third kappa shape index (κ3) is 2.20. The third-order valence-electron chi connectivity index (χ3n) is 2.96. The second-order valence-corrected chi connectivity index (χ2v) is 4.25. The highest BCUT2D eigenvalue weighted by atomic mass is 16.3. The minimum Gasteiger partial charge on any atom is -0.396 e. The molecule has 1 aliphatic rings. The van der Waals surface area contributed by atoms with Crippen molar-refractivity contribution >= 4 is 0 Å². The van der Waals surface area contributed by atoms with Crippen LogP contribution in [0.4, 0.5) is 0 Å². The molecule has 0 heterocycles. The summed E-state index contributed by atoms with van der Waals surface area (Å²) in [6.45, 7) is 4.81. The van der Waals surface area contributed by atoms with Crippen LogP contribution in [0, 0.1) is 5.41 Å². The summed E-state index contributed by atoms with van der Waals surface area (Å²) in [6, 6.07) is 0. The fourth-order valence-corrected chi connectivity index (χ4v) is 2.08. The molecule has 2 nitrogen and oxygen atoms in total. The fourth-order valence-electron chi connectivity index (χ4n) is 2.08. The van der Waals surface area contributed by atoms with Crippen LogP contribution in [-0.2, 0) is 0 Å². The van der Waals surface area contributed by atoms with Crippen molar-refractivity contribution in [3.8, 4) is 0 Å². The molecule has 1 rings (SSSR count). The summed E-state index contributed by atoms with van der Waals surface area (Å²) in [5, 5.41) is 9.23. The van der Waals surface area contributed by atoms with Gasteiger partial charge in [-0.2, -0.15) is 0 Å². The Balaban J connectivity index is 2.27. The third-order valence-corrected chi connectivity index (χ3v) is 2.96. The van der Waals surface area contributed by atoms with E-state index in [9.17, 15) is 5.11 Å². The van der Waals surface area contributed by atoms with Crippen molar-refractivity contribution in [2.75, 3.05) is 26.7 Å². The van der Waals surface area contributed by atoms with Crippen molar-refractivity contribution in [2.45, 2.75) is 32.6 Å². The highest BCUT2D eigenvalue weighted by molar-refractivity contribution is 4.89. The Hall–Kier alpha value is -0.0800. The molecule has 1 N–H and O–H groups in total. The van der Waals surface area contributed by atoms with Gasteiger partial charge < -0.3 is 10.0 Å². The lowest BCUT2D eigenvalue weighted by atomic mass is 9.69. The highest BCUT2D eigenvalue weighted by Crippen LogP contribution is 2.40. The Bertz CT molecular complexity index is 126. The van der Waals surface area contributed by atoms with E-state index in [1.165, 1.54) is 25.7 Å². The Morgan fingerprint density at radius 3 is 2.42 bits per heavy atom. The zero-order valence-corrected chi connectivity index (χ0v) is 8.34. The summed E-state index contributed by atoms with van der Waals surface area (Å²) < 4.78 is 0. The minimum absolute atomic E-state index is 0.268. The van der Waals surface area contributed by atoms with Crippen LogP contribution in [0.25, 0.3) is 0 Å². The van der Waals surface area contributed by atoms with Crippen LogP contribution < -0.4 is 0 Å². The topological polar surface area (TPSA) is 23.5 Å². The molecule has 0 aliphatic heterocycles. The van der Waals surface area contributed by atoms with Crippen molar-refractivity contribution < 1.29 is 5.11 Å². The predicted octanol–water partition coefficient (Wildman–Crippen LogP) is 1.49. The largest absolute Gasteiger partial charge is 0.396 e. The first-order valence-electron chi connectivity index (χ1n) is 5.02. The molecule has 0 atom stereocenters. The Morgan fingerprint density at radius 2 is 2.08 bits per heavy atom. The molecule has 1 aliphatic carbocycles. The summed E-state index contributed by atoms with van der Waals surface area (Å²) in [5.41, 5.74) is 0.268. The Kier molecular flexibility index (Phi) is 3.53. The van der Waals surface area contributed by atoms with Gasteiger partial charge in [-0.15, -0.1) is 0 Å². The van der Waals surface area contributed by atoms with E-state index in [2.05, 4.69) is 18.9 Å². The van der Waals surface area contributed by atoms with Crippen LogP contribution in [0.15, 0.2) is 0 Å². The molecular weight excluding hydrogens is 150 g/mol. The van der Waals surface area contributed by atoms with Crippen LogP contribution in [-0.4, -0.2) is 36.8 Å². The first-order valence-corrected chi connectivity index (χ1v) is 5.02. The highest BCUT2D eigenvalue weighted by Gasteiger charge is 2.36. The van der Waals surface area contributed by atoms with Crippen LogP contribution in [0.1, 0.15) is 32.6 Å². The molecule has 0 aromatic heterocycles. The van der Waals surface area contributed by atoms with E-state index < -0.39 is 0 Å². The molecule has 1 fully saturated rings. The van der Waals surface area contributed by atoms with Gasteiger partial charge in [-0.25, -0.2) is 0 Å². The molecule has 1 saturated carbocycles. The number of aliphatic hydroxyl groups is 1. The summed E-state index contributed by atoms with van der Waals surface area (Å²) in [6.07, 6.45) is 4.95. The van der Waals surface area contributed by atoms with E-state index in [1.807, 2.05) is 0 Å². The maximum atomic E-state index is 9.23. The van der Waals surface area contributed by atoms with E-state index >= 15 is 0 Å². The van der Waals surface area contributed by atoms with Crippen LogP contribution in [0.5, 0.6) is 0 Å². The molecule has 0 aromatic rings. The molecule has 0 spiro atoms. The lowest BCUT2D eigenvalue weighted by molar-refractivity contribution is 0.0147. The summed E-state index contributed by atoms with van der Waals surface area (Å²) >= 11 is 0. The van der Waals surface area contributed by atoms with Gasteiger partial charge in [-0.3, -0.25) is 0 Å². The molecule has 0 bridgehead atoms. The Labute approximate surface area is 75.6 Å². The van der Waals surface area contributed by atoms with Gasteiger partial charge >= 0.3 is 0 Å². The molecule has 0 saturated heterocycles. The monoisotopic (exact) mass is 171 g/mol. The van der Waals surface area contributed by atoms with Crippen LogP contribution >= 0.6 is 0 Å². The molecule has 0 radical (unpaired) electrons. The van der Waals surface area contributed by atoms with Gasteiger partial charge in [0.25, 0.3) is 0 Å². The number of rotatable bonds is 5. The molecule has 72 valence electrons. The minimum atomic E-state index is 0.268. The first kappa shape index (κ1) is 10.0. The Morgan fingerprint density at radius 1 is 1.42 bits per heavy atom. The lowest BCUT2D eigenvalue weighted by Crippen LogP contribution is -2.43. The van der Waals surface area contributed by atoms with Crippen molar-refractivity contribution in [1.29, 1.82) is 0 Å². The molecule has 0 aromatic carbocycles. The number of nitrogens with zero attached hydrogens (tertiary/aromatic N) is 1. The fraction of sp³-hybridized carbons (Fsp3) is 1.00. The molecule has 2 heteroatoms. The van der Waals surface area contributed by atoms with Crippen molar-refractivity contribution in [3.63, 3.8) is 0 Å². The van der Waals surface area contributed by atoms with Crippen LogP contribution in [0.2, 0.25) is 0 Å². The van der Waals surface area contributed by atoms with Gasteiger partial charge in [-0.1, -0.05) is 13.3 Å². The van der Waals surface area contributed by atoms with Crippen molar-refractivity contribution in [2.24, 2.45) is 5.41 Å². The zero-order chi connectivity index (χ0) is 9.03. The average molecular weight is 171 g/mol. The second-order valence-electron chi connectivity index (χ2n) is 4.25. The van der Waals surface area contributed by atoms with Crippen molar-refractivity contribution in [3.05, 3.63) is 0 Å². The van der Waals surface area contributed by atoms with Crippen molar-refractivity contribution in [1.82, 2.24) is 4.90 Å². The first-order chi connectivity index (χ1) is 5.72. The zero-order valence-electron chi connectivity index (χ0n) is 8.34. The number of hydrogen-bond acceptors (Lipinski definition) is 2. The van der Waals surface area contributed by atoms with E-state index in [4.69, 9.17) is 0 Å². The lowest BCUT2D eigenvalue weighted by Gasteiger charge is -2.43. The van der Waals surface area contributed by atoms with Gasteiger partial charge in [0.15, 0.2) is 0 Å². The maximum Gasteiger partial charge on any atom is 0.0499 e. The molecular formula is C10H21NO. The van der Waals surface area contributed by atoms with Gasteiger partial charge in [0.1, 0.15) is 0 Å². The second kappa shape index (κ2) is 4.24. The number of hydrogen-bond donors (Lipinski definition) is 1. The number of aliphatic hydroxyl groups excluding tert-OH is 1. The average Bonchev–Trinajstić information content (AvgIpc) is 1.97. The standard InChI is InChI=1S/C10H21NO/c1-3-7-11(2)8-10(9-12)5-4-6-10/h12H,3-9H2,1-2H3. The SMILES string of the molecule is CCCN(C)CC1(CO)CCC1. The van der Waals surface area contributed by atoms with E-state index in [1.54, 1.807) is 0 Å². The molecule has 0 unspecified atom stereocenters. The normalized spacial score (nSPS) is 21.0. The van der Waals surface area contributed by atoms with Gasteiger partial charge in [0, 0.05) is 18.6 Å². The summed E-state index contributed by atoms with van der Waals surface area (Å²) in [5.74, 6) is 0. The van der Waals surface area contributed by atoms with E-state index in [0.717, 1.165) is 13.1 Å². The van der Waals surface area contributed by atoms with Crippen LogP contribution in [0.3, 0.4) is 0 Å². The predicted molar refractivity (Wildman–Crippen MR) is 51.2 cm³/mol. The van der Waals surface area contributed by atoms with Gasteiger partial charge in [-0.05, 0) is 32.9 Å². The smallest absolute Gasteiger partial charge is 0.0499 e. The van der Waals surface area contributed by atoms with Gasteiger partial charge in [0.2, 0.25) is 0 Å². The summed E-state index contributed by atoms with van der Waals surface area (Å²) in [4.78, 5) is 2.34. The molecule has 12 heavy (non-hydrogen) atoms. The quantitative estimate of drug-likeness (QED) is 0.677.